The zero-order valence-corrected chi connectivity index (χ0v) is 10.2. The third-order valence-corrected chi connectivity index (χ3v) is 2.57. The molecule has 0 aliphatic heterocycles. The number of rotatable bonds is 2. The van der Waals surface area contributed by atoms with Crippen molar-refractivity contribution in [1.82, 2.24) is 10.2 Å². The molecule has 0 aliphatic rings. The molecule has 2 aromatic heterocycles. The van der Waals surface area contributed by atoms with E-state index < -0.39 is 12.1 Å². The lowest BCUT2D eigenvalue weighted by atomic mass is 10.3. The zero-order valence-electron chi connectivity index (χ0n) is 9.39. The SMILES string of the molecule is C(=C\c1cccs1)/c1ccn[nH]1.O=C(O)C(F)(F)F. The number of nitrogens with one attached hydrogen (secondary N) is 1. The van der Waals surface area contributed by atoms with Crippen molar-refractivity contribution in [3.8, 4) is 0 Å². The second-order valence-electron chi connectivity index (χ2n) is 3.16. The Morgan fingerprint density at radius 2 is 2.05 bits per heavy atom. The molecule has 102 valence electrons. The molecular formula is C11H9F3N2O2S. The molecule has 0 bridgehead atoms. The van der Waals surface area contributed by atoms with Crippen molar-refractivity contribution >= 4 is 29.5 Å². The largest absolute Gasteiger partial charge is 0.490 e. The molecular weight excluding hydrogens is 281 g/mol. The molecule has 0 spiro atoms. The highest BCUT2D eigenvalue weighted by molar-refractivity contribution is 7.10. The number of carbonyl (C=O) groups is 1. The molecule has 0 atom stereocenters. The third kappa shape index (κ3) is 5.87. The van der Waals surface area contributed by atoms with Crippen molar-refractivity contribution in [2.45, 2.75) is 6.18 Å². The van der Waals surface area contributed by atoms with Gasteiger partial charge in [-0.25, -0.2) is 4.79 Å². The standard InChI is InChI=1S/C9H8N2S.C2HF3O2/c1-2-9(12-7-1)4-3-8-5-6-10-11-8;3-2(4,5)1(6)7/h1-7H,(H,10,11);(H,6,7)/b4-3+;. The van der Waals surface area contributed by atoms with Gasteiger partial charge in [-0.1, -0.05) is 6.07 Å². The molecule has 2 aromatic rings. The Kier molecular flexibility index (Phi) is 5.31. The number of aliphatic carboxylic acids is 1. The first kappa shape index (κ1) is 15.0. The van der Waals surface area contributed by atoms with Crippen LogP contribution >= 0.6 is 11.3 Å². The van der Waals surface area contributed by atoms with Crippen LogP contribution < -0.4 is 0 Å². The number of hydrogen-bond acceptors (Lipinski definition) is 3. The highest BCUT2D eigenvalue weighted by Crippen LogP contribution is 2.13. The number of carboxylic acids is 1. The van der Waals surface area contributed by atoms with Crippen molar-refractivity contribution in [2.75, 3.05) is 0 Å². The van der Waals surface area contributed by atoms with E-state index in [1.54, 1.807) is 17.5 Å². The predicted octanol–water partition coefficient (Wildman–Crippen LogP) is 3.27. The van der Waals surface area contributed by atoms with Gasteiger partial charge < -0.3 is 5.11 Å². The van der Waals surface area contributed by atoms with E-state index in [9.17, 15) is 13.2 Å². The number of H-pyrrole nitrogens is 1. The number of aromatic amines is 1. The lowest BCUT2D eigenvalue weighted by molar-refractivity contribution is -0.192. The Morgan fingerprint density at radius 1 is 1.37 bits per heavy atom. The summed E-state index contributed by atoms with van der Waals surface area (Å²) in [6.45, 7) is 0. The fraction of sp³-hybridized carbons (Fsp3) is 0.0909. The van der Waals surface area contributed by atoms with Crippen LogP contribution in [0, 0.1) is 0 Å². The first-order chi connectivity index (χ1) is 8.89. The lowest BCUT2D eigenvalue weighted by Gasteiger charge is -1.93. The van der Waals surface area contributed by atoms with Gasteiger partial charge in [0.15, 0.2) is 0 Å². The minimum absolute atomic E-state index is 1.03. The summed E-state index contributed by atoms with van der Waals surface area (Å²) in [5, 5.41) is 15.9. The monoisotopic (exact) mass is 290 g/mol. The molecule has 2 N–H and O–H groups in total. The van der Waals surface area contributed by atoms with Crippen LogP contribution in [-0.2, 0) is 4.79 Å². The van der Waals surface area contributed by atoms with E-state index in [0.29, 0.717) is 0 Å². The molecule has 19 heavy (non-hydrogen) atoms. The van der Waals surface area contributed by atoms with Gasteiger partial charge >= 0.3 is 12.1 Å². The number of halogens is 3. The Morgan fingerprint density at radius 3 is 2.47 bits per heavy atom. The minimum atomic E-state index is -5.08. The highest BCUT2D eigenvalue weighted by Gasteiger charge is 2.38. The average Bonchev–Trinajstić information content (AvgIpc) is 2.99. The summed E-state index contributed by atoms with van der Waals surface area (Å²) in [5.74, 6) is -2.76. The smallest absolute Gasteiger partial charge is 0.475 e. The molecule has 4 nitrogen and oxygen atoms in total. The van der Waals surface area contributed by atoms with Gasteiger partial charge in [0.25, 0.3) is 0 Å². The number of thiophene rings is 1. The van der Waals surface area contributed by atoms with E-state index in [0.717, 1.165) is 5.69 Å². The molecule has 0 radical (unpaired) electrons. The van der Waals surface area contributed by atoms with Gasteiger partial charge in [0.05, 0.1) is 5.69 Å². The van der Waals surface area contributed by atoms with E-state index >= 15 is 0 Å². The Balaban J connectivity index is 0.000000224. The van der Waals surface area contributed by atoms with Gasteiger partial charge in [-0.05, 0) is 29.7 Å². The van der Waals surface area contributed by atoms with Crippen LogP contribution in [0.3, 0.4) is 0 Å². The van der Waals surface area contributed by atoms with E-state index in [1.165, 1.54) is 4.88 Å². The molecule has 0 unspecified atom stereocenters. The summed E-state index contributed by atoms with van der Waals surface area (Å²) >= 11 is 1.72. The molecule has 0 aromatic carbocycles. The summed E-state index contributed by atoms with van der Waals surface area (Å²) in [4.78, 5) is 10.2. The molecule has 0 amide bonds. The molecule has 2 rings (SSSR count). The highest BCUT2D eigenvalue weighted by atomic mass is 32.1. The number of nitrogens with zero attached hydrogens (tertiary/aromatic N) is 1. The maximum atomic E-state index is 10.6. The Hall–Kier alpha value is -2.09. The molecule has 0 saturated carbocycles. The van der Waals surface area contributed by atoms with E-state index in [-0.39, 0.29) is 0 Å². The van der Waals surface area contributed by atoms with Crippen LogP contribution in [-0.4, -0.2) is 27.4 Å². The Bertz CT molecular complexity index is 482. The molecule has 0 fully saturated rings. The van der Waals surface area contributed by atoms with Crippen LogP contribution in [0.25, 0.3) is 12.2 Å². The maximum Gasteiger partial charge on any atom is 0.490 e. The zero-order chi connectivity index (χ0) is 14.3. The second kappa shape index (κ2) is 6.74. The van der Waals surface area contributed by atoms with Crippen molar-refractivity contribution in [1.29, 1.82) is 0 Å². The summed E-state index contributed by atoms with van der Waals surface area (Å²) in [7, 11) is 0. The van der Waals surface area contributed by atoms with Gasteiger partial charge in [0, 0.05) is 11.1 Å². The van der Waals surface area contributed by atoms with Gasteiger partial charge in [-0.3, -0.25) is 5.10 Å². The van der Waals surface area contributed by atoms with Gasteiger partial charge in [0.2, 0.25) is 0 Å². The van der Waals surface area contributed by atoms with Crippen LogP contribution in [0.4, 0.5) is 13.2 Å². The van der Waals surface area contributed by atoms with Gasteiger partial charge in [-0.15, -0.1) is 11.3 Å². The minimum Gasteiger partial charge on any atom is -0.475 e. The van der Waals surface area contributed by atoms with E-state index in [1.807, 2.05) is 18.2 Å². The quantitative estimate of drug-likeness (QED) is 0.892. The lowest BCUT2D eigenvalue weighted by Crippen LogP contribution is -2.21. The van der Waals surface area contributed by atoms with Gasteiger partial charge in [-0.2, -0.15) is 18.3 Å². The van der Waals surface area contributed by atoms with Crippen molar-refractivity contribution in [2.24, 2.45) is 0 Å². The molecule has 8 heteroatoms. The summed E-state index contributed by atoms with van der Waals surface area (Å²) in [5.41, 5.74) is 1.03. The van der Waals surface area contributed by atoms with E-state index in [4.69, 9.17) is 9.90 Å². The number of aromatic nitrogens is 2. The van der Waals surface area contributed by atoms with Crippen LogP contribution in [0.15, 0.2) is 29.8 Å². The van der Waals surface area contributed by atoms with Crippen LogP contribution in [0.1, 0.15) is 10.6 Å². The topological polar surface area (TPSA) is 66.0 Å². The fourth-order valence-electron chi connectivity index (χ4n) is 0.917. The average molecular weight is 290 g/mol. The second-order valence-corrected chi connectivity index (χ2v) is 4.14. The van der Waals surface area contributed by atoms with Crippen molar-refractivity contribution in [3.05, 3.63) is 40.3 Å². The summed E-state index contributed by atoms with van der Waals surface area (Å²) < 4.78 is 31.7. The van der Waals surface area contributed by atoms with E-state index in [2.05, 4.69) is 27.7 Å². The number of carboxylic acid groups (broad SMARTS) is 1. The predicted molar refractivity (Wildman–Crippen MR) is 65.5 cm³/mol. The Labute approximate surface area is 110 Å². The number of hydrogen-bond donors (Lipinski definition) is 2. The van der Waals surface area contributed by atoms with Gasteiger partial charge in [0.1, 0.15) is 0 Å². The normalized spacial score (nSPS) is 11.1. The van der Waals surface area contributed by atoms with Crippen LogP contribution in [0.5, 0.6) is 0 Å². The molecule has 0 saturated heterocycles. The maximum absolute atomic E-state index is 10.6. The molecule has 0 aliphatic carbocycles. The fourth-order valence-corrected chi connectivity index (χ4v) is 1.54. The third-order valence-electron chi connectivity index (χ3n) is 1.74. The molecule has 2 heterocycles. The summed E-state index contributed by atoms with van der Waals surface area (Å²) in [6, 6.07) is 6.05. The summed E-state index contributed by atoms with van der Waals surface area (Å²) in [6.07, 6.45) is 0.741. The number of alkyl halides is 3. The first-order valence-corrected chi connectivity index (χ1v) is 5.78. The van der Waals surface area contributed by atoms with Crippen molar-refractivity contribution < 1.29 is 23.1 Å². The first-order valence-electron chi connectivity index (χ1n) is 4.90. The van der Waals surface area contributed by atoms with Crippen LogP contribution in [0.2, 0.25) is 0 Å². The van der Waals surface area contributed by atoms with Crippen molar-refractivity contribution in [3.63, 3.8) is 0 Å².